The molecule has 0 aliphatic carbocycles. The van der Waals surface area contributed by atoms with Gasteiger partial charge in [0.2, 0.25) is 0 Å². The first kappa shape index (κ1) is 9.62. The van der Waals surface area contributed by atoms with Crippen molar-refractivity contribution >= 4 is 27.3 Å². The highest BCUT2D eigenvalue weighted by atomic mass is 79.9. The predicted molar refractivity (Wildman–Crippen MR) is 57.1 cm³/mol. The molecule has 1 aromatic rings. The Morgan fingerprint density at radius 2 is 2.46 bits per heavy atom. The van der Waals surface area contributed by atoms with E-state index in [4.69, 9.17) is 0 Å². The van der Waals surface area contributed by atoms with Gasteiger partial charge >= 0.3 is 0 Å². The maximum atomic E-state index is 12.6. The second kappa shape index (κ2) is 4.07. The van der Waals surface area contributed by atoms with Crippen LogP contribution in [0.3, 0.4) is 0 Å². The zero-order chi connectivity index (χ0) is 9.26. The molecule has 1 saturated heterocycles. The summed E-state index contributed by atoms with van der Waals surface area (Å²) in [7, 11) is 0. The third kappa shape index (κ3) is 1.95. The number of thiophene rings is 1. The molecule has 0 radical (unpaired) electrons. The molecule has 2 unspecified atom stereocenters. The number of nitrogens with one attached hydrogen (secondary N) is 1. The number of rotatable bonds is 2. The van der Waals surface area contributed by atoms with Crippen LogP contribution in [0.2, 0.25) is 0 Å². The van der Waals surface area contributed by atoms with Crippen molar-refractivity contribution in [2.45, 2.75) is 5.92 Å². The minimum Gasteiger partial charge on any atom is -0.316 e. The zero-order valence-corrected chi connectivity index (χ0v) is 9.50. The van der Waals surface area contributed by atoms with Crippen molar-refractivity contribution in [3.05, 3.63) is 20.8 Å². The topological polar surface area (TPSA) is 12.0 Å². The van der Waals surface area contributed by atoms with Crippen LogP contribution in [-0.2, 0) is 0 Å². The third-order valence-corrected chi connectivity index (χ3v) is 4.32. The second-order valence-electron chi connectivity index (χ2n) is 3.35. The van der Waals surface area contributed by atoms with Crippen LogP contribution < -0.4 is 5.32 Å². The lowest BCUT2D eigenvalue weighted by molar-refractivity contribution is 0.360. The lowest BCUT2D eigenvalue weighted by Crippen LogP contribution is -2.11. The van der Waals surface area contributed by atoms with Crippen molar-refractivity contribution < 1.29 is 4.39 Å². The first-order valence-corrected chi connectivity index (χ1v) is 5.99. The van der Waals surface area contributed by atoms with Crippen LogP contribution in [0.5, 0.6) is 0 Å². The standard InChI is InChI=1S/C9H11BrFNS/c10-7-1-9(13-5-7)8-4-12-3-6(8)2-11/h1,5-6,8,12H,2-4H2. The van der Waals surface area contributed by atoms with E-state index < -0.39 is 0 Å². The monoisotopic (exact) mass is 263 g/mol. The summed E-state index contributed by atoms with van der Waals surface area (Å²) in [5.41, 5.74) is 0. The minimum absolute atomic E-state index is 0.172. The summed E-state index contributed by atoms with van der Waals surface area (Å²) in [6, 6.07) is 2.10. The quantitative estimate of drug-likeness (QED) is 0.866. The van der Waals surface area contributed by atoms with Gasteiger partial charge in [-0.05, 0) is 22.0 Å². The average molecular weight is 264 g/mol. The summed E-state index contributed by atoms with van der Waals surface area (Å²) >= 11 is 5.13. The number of hydrogen-bond acceptors (Lipinski definition) is 2. The Bertz CT molecular complexity index is 289. The average Bonchev–Trinajstić information content (AvgIpc) is 2.71. The minimum atomic E-state index is -0.215. The zero-order valence-electron chi connectivity index (χ0n) is 7.09. The smallest absolute Gasteiger partial charge is 0.0941 e. The Balaban J connectivity index is 2.15. The van der Waals surface area contributed by atoms with Crippen LogP contribution in [0.4, 0.5) is 4.39 Å². The summed E-state index contributed by atoms with van der Waals surface area (Å²) < 4.78 is 13.7. The summed E-state index contributed by atoms with van der Waals surface area (Å²) in [4.78, 5) is 1.29. The maximum absolute atomic E-state index is 12.6. The summed E-state index contributed by atoms with van der Waals surface area (Å²) in [6.45, 7) is 1.52. The molecule has 2 rings (SSSR count). The van der Waals surface area contributed by atoms with Gasteiger partial charge in [-0.1, -0.05) is 0 Å². The molecule has 0 saturated carbocycles. The fourth-order valence-electron chi connectivity index (χ4n) is 1.75. The largest absolute Gasteiger partial charge is 0.316 e. The van der Waals surface area contributed by atoms with E-state index in [9.17, 15) is 4.39 Å². The number of halogens is 2. The fraction of sp³-hybridized carbons (Fsp3) is 0.556. The van der Waals surface area contributed by atoms with E-state index in [0.717, 1.165) is 17.6 Å². The van der Waals surface area contributed by atoms with Gasteiger partial charge in [0, 0.05) is 39.7 Å². The summed E-state index contributed by atoms with van der Waals surface area (Å²) in [5, 5.41) is 5.29. The second-order valence-corrected chi connectivity index (χ2v) is 5.20. The van der Waals surface area contributed by atoms with Crippen LogP contribution >= 0.6 is 27.3 Å². The third-order valence-electron chi connectivity index (χ3n) is 2.49. The molecule has 2 heterocycles. The molecule has 1 aliphatic rings. The first-order chi connectivity index (χ1) is 6.31. The van der Waals surface area contributed by atoms with Gasteiger partial charge in [-0.3, -0.25) is 4.39 Å². The predicted octanol–water partition coefficient (Wildman–Crippen LogP) is 2.78. The van der Waals surface area contributed by atoms with Gasteiger partial charge in [-0.15, -0.1) is 11.3 Å². The summed E-state index contributed by atoms with van der Waals surface area (Å²) in [6.07, 6.45) is 0. The van der Waals surface area contributed by atoms with Crippen LogP contribution in [-0.4, -0.2) is 19.8 Å². The number of hydrogen-bond donors (Lipinski definition) is 1. The Kier molecular flexibility index (Phi) is 3.01. The molecule has 2 atom stereocenters. The van der Waals surface area contributed by atoms with E-state index in [1.165, 1.54) is 4.88 Å². The molecule has 4 heteroatoms. The van der Waals surface area contributed by atoms with E-state index in [-0.39, 0.29) is 12.6 Å². The molecular formula is C9H11BrFNS. The molecular weight excluding hydrogens is 253 g/mol. The normalized spacial score (nSPS) is 28.2. The molecule has 0 spiro atoms. The van der Waals surface area contributed by atoms with Gasteiger partial charge in [0.1, 0.15) is 0 Å². The lowest BCUT2D eigenvalue weighted by atomic mass is 9.96. The highest BCUT2D eigenvalue weighted by Crippen LogP contribution is 2.34. The molecule has 72 valence electrons. The number of alkyl halides is 1. The molecule has 1 fully saturated rings. The maximum Gasteiger partial charge on any atom is 0.0941 e. The highest BCUT2D eigenvalue weighted by Gasteiger charge is 2.29. The van der Waals surface area contributed by atoms with Crippen molar-refractivity contribution in [1.29, 1.82) is 0 Å². The van der Waals surface area contributed by atoms with Crippen molar-refractivity contribution in [3.63, 3.8) is 0 Å². The van der Waals surface area contributed by atoms with Crippen LogP contribution in [0.1, 0.15) is 10.8 Å². The summed E-state index contributed by atoms with van der Waals surface area (Å²) in [5.74, 6) is 0.548. The van der Waals surface area contributed by atoms with Gasteiger partial charge in [-0.25, -0.2) is 0 Å². The van der Waals surface area contributed by atoms with Gasteiger partial charge in [-0.2, -0.15) is 0 Å². The van der Waals surface area contributed by atoms with E-state index in [1.807, 2.05) is 0 Å². The van der Waals surface area contributed by atoms with Crippen LogP contribution in [0.15, 0.2) is 15.9 Å². The van der Waals surface area contributed by atoms with E-state index in [0.29, 0.717) is 5.92 Å². The van der Waals surface area contributed by atoms with E-state index in [1.54, 1.807) is 11.3 Å². The first-order valence-electron chi connectivity index (χ1n) is 4.32. The molecule has 0 bridgehead atoms. The lowest BCUT2D eigenvalue weighted by Gasteiger charge is -2.12. The SMILES string of the molecule is FCC1CNCC1c1cc(Br)cs1. The molecule has 1 aliphatic heterocycles. The van der Waals surface area contributed by atoms with E-state index >= 15 is 0 Å². The van der Waals surface area contributed by atoms with Gasteiger partial charge in [0.25, 0.3) is 0 Å². The molecule has 0 aromatic carbocycles. The van der Waals surface area contributed by atoms with Gasteiger partial charge < -0.3 is 5.32 Å². The molecule has 13 heavy (non-hydrogen) atoms. The molecule has 1 aromatic heterocycles. The Morgan fingerprint density at radius 3 is 3.08 bits per heavy atom. The Labute approximate surface area is 89.5 Å². The van der Waals surface area contributed by atoms with Crippen LogP contribution in [0.25, 0.3) is 0 Å². The highest BCUT2D eigenvalue weighted by molar-refractivity contribution is 9.10. The Morgan fingerprint density at radius 1 is 1.62 bits per heavy atom. The molecule has 1 nitrogen and oxygen atoms in total. The van der Waals surface area contributed by atoms with Crippen molar-refractivity contribution in [2.24, 2.45) is 5.92 Å². The van der Waals surface area contributed by atoms with E-state index in [2.05, 4.69) is 32.7 Å². The molecule has 0 amide bonds. The Hall–Kier alpha value is 0.0700. The van der Waals surface area contributed by atoms with Crippen LogP contribution in [0, 0.1) is 5.92 Å². The van der Waals surface area contributed by atoms with Gasteiger partial charge in [0.05, 0.1) is 6.67 Å². The fourth-order valence-corrected chi connectivity index (χ4v) is 3.39. The van der Waals surface area contributed by atoms with Crippen molar-refractivity contribution in [1.82, 2.24) is 5.32 Å². The van der Waals surface area contributed by atoms with Gasteiger partial charge in [0.15, 0.2) is 0 Å². The van der Waals surface area contributed by atoms with Crippen molar-refractivity contribution in [2.75, 3.05) is 19.8 Å². The van der Waals surface area contributed by atoms with Crippen molar-refractivity contribution in [3.8, 4) is 0 Å². The molecule has 1 N–H and O–H groups in total.